The van der Waals surface area contributed by atoms with Gasteiger partial charge in [0.15, 0.2) is 0 Å². The molecule has 3 aromatic rings. The van der Waals surface area contributed by atoms with Crippen molar-refractivity contribution < 1.29 is 4.79 Å². The highest BCUT2D eigenvalue weighted by Crippen LogP contribution is 2.30. The zero-order valence-corrected chi connectivity index (χ0v) is 16.9. The van der Waals surface area contributed by atoms with E-state index in [2.05, 4.69) is 32.3 Å². The second-order valence-electron chi connectivity index (χ2n) is 5.84. The summed E-state index contributed by atoms with van der Waals surface area (Å²) < 4.78 is 0.911. The number of aromatic nitrogens is 1. The van der Waals surface area contributed by atoms with Crippen LogP contribution in [0.3, 0.4) is 0 Å². The molecule has 1 heterocycles. The first-order chi connectivity index (χ1) is 13.1. The van der Waals surface area contributed by atoms with Crippen LogP contribution in [0.25, 0.3) is 0 Å². The Morgan fingerprint density at radius 2 is 1.89 bits per heavy atom. The molecule has 1 atom stereocenters. The number of benzene rings is 2. The predicted octanol–water partition coefficient (Wildman–Crippen LogP) is 5.36. The Hall–Kier alpha value is -2.62. The number of carbonyl (C=O) groups is 1. The van der Waals surface area contributed by atoms with Crippen LogP contribution in [0.5, 0.6) is 0 Å². The summed E-state index contributed by atoms with van der Waals surface area (Å²) in [5.74, 6) is -0.146. The summed E-state index contributed by atoms with van der Waals surface area (Å²) in [5.41, 5.74) is 2.15. The lowest BCUT2D eigenvalue weighted by atomic mass is 10.1. The van der Waals surface area contributed by atoms with Crippen LogP contribution in [-0.4, -0.2) is 10.9 Å². The van der Waals surface area contributed by atoms with Gasteiger partial charge in [0.05, 0.1) is 23.2 Å². The second-order valence-corrected chi connectivity index (χ2v) is 7.82. The van der Waals surface area contributed by atoms with Gasteiger partial charge in [-0.1, -0.05) is 36.0 Å². The fourth-order valence-corrected chi connectivity index (χ4v) is 3.60. The molecule has 4 nitrogen and oxygen atoms in total. The molecular formula is C21H16BrN3OS. The van der Waals surface area contributed by atoms with Crippen molar-refractivity contribution >= 4 is 33.6 Å². The molecule has 1 unspecified atom stereocenters. The number of carbonyl (C=O) groups excluding carboxylic acids is 1. The van der Waals surface area contributed by atoms with Gasteiger partial charge in [-0.05, 0) is 64.8 Å². The van der Waals surface area contributed by atoms with E-state index in [1.165, 1.54) is 11.8 Å². The fourth-order valence-electron chi connectivity index (χ4n) is 2.48. The number of amides is 1. The van der Waals surface area contributed by atoms with E-state index in [0.717, 1.165) is 20.0 Å². The standard InChI is InChI=1S/C21H16BrN3OS/c1-14(16-8-6-15(12-23)7-9-16)25-21(26)18-4-2-3-5-19(18)27-20-11-10-17(22)13-24-20/h2-11,13-14H,1H3,(H,25,26). The Labute approximate surface area is 170 Å². The maximum absolute atomic E-state index is 12.8. The first-order valence-corrected chi connectivity index (χ1v) is 9.87. The van der Waals surface area contributed by atoms with Gasteiger partial charge >= 0.3 is 0 Å². The van der Waals surface area contributed by atoms with Crippen LogP contribution in [0.15, 0.2) is 81.3 Å². The third-order valence-corrected chi connectivity index (χ3v) is 5.43. The number of nitriles is 1. The first kappa shape index (κ1) is 19.2. The van der Waals surface area contributed by atoms with Crippen LogP contribution in [0.4, 0.5) is 0 Å². The van der Waals surface area contributed by atoms with Gasteiger partial charge in [0, 0.05) is 15.6 Å². The maximum Gasteiger partial charge on any atom is 0.252 e. The molecule has 1 amide bonds. The van der Waals surface area contributed by atoms with Gasteiger partial charge in [-0.2, -0.15) is 5.26 Å². The van der Waals surface area contributed by atoms with Crippen molar-refractivity contribution in [3.63, 3.8) is 0 Å². The minimum absolute atomic E-state index is 0.146. The van der Waals surface area contributed by atoms with E-state index < -0.39 is 0 Å². The number of hydrogen-bond acceptors (Lipinski definition) is 4. The Morgan fingerprint density at radius 3 is 2.56 bits per heavy atom. The molecule has 0 radical (unpaired) electrons. The second kappa shape index (κ2) is 8.85. The summed E-state index contributed by atoms with van der Waals surface area (Å²) in [6.45, 7) is 1.92. The van der Waals surface area contributed by atoms with E-state index in [1.807, 2.05) is 55.5 Å². The van der Waals surface area contributed by atoms with Crippen LogP contribution in [-0.2, 0) is 0 Å². The zero-order valence-electron chi connectivity index (χ0n) is 14.5. The Bertz CT molecular complexity index is 982. The monoisotopic (exact) mass is 437 g/mol. The lowest BCUT2D eigenvalue weighted by Crippen LogP contribution is -2.27. The average molecular weight is 438 g/mol. The number of hydrogen-bond donors (Lipinski definition) is 1. The molecule has 1 aromatic heterocycles. The molecule has 0 aliphatic heterocycles. The Morgan fingerprint density at radius 1 is 1.15 bits per heavy atom. The topological polar surface area (TPSA) is 65.8 Å². The third-order valence-electron chi connectivity index (χ3n) is 3.93. The molecule has 6 heteroatoms. The minimum atomic E-state index is -0.172. The van der Waals surface area contributed by atoms with Gasteiger partial charge in [-0.3, -0.25) is 4.79 Å². The van der Waals surface area contributed by atoms with Crippen molar-refractivity contribution in [3.05, 3.63) is 88.0 Å². The van der Waals surface area contributed by atoms with E-state index >= 15 is 0 Å². The highest BCUT2D eigenvalue weighted by molar-refractivity contribution is 9.10. The molecule has 0 saturated carbocycles. The van der Waals surface area contributed by atoms with Crippen LogP contribution in [0.1, 0.15) is 34.5 Å². The molecule has 0 bridgehead atoms. The van der Waals surface area contributed by atoms with Crippen molar-refractivity contribution in [2.75, 3.05) is 0 Å². The fraction of sp³-hybridized carbons (Fsp3) is 0.0952. The number of rotatable bonds is 5. The quantitative estimate of drug-likeness (QED) is 0.583. The molecule has 0 aliphatic rings. The van der Waals surface area contributed by atoms with E-state index in [9.17, 15) is 4.79 Å². The number of nitrogens with zero attached hydrogens (tertiary/aromatic N) is 2. The minimum Gasteiger partial charge on any atom is -0.345 e. The molecule has 1 N–H and O–H groups in total. The van der Waals surface area contributed by atoms with Crippen LogP contribution in [0.2, 0.25) is 0 Å². The van der Waals surface area contributed by atoms with Crippen LogP contribution in [0, 0.1) is 11.3 Å². The predicted molar refractivity (Wildman–Crippen MR) is 110 cm³/mol. The average Bonchev–Trinajstić information content (AvgIpc) is 2.70. The molecule has 134 valence electrons. The van der Waals surface area contributed by atoms with E-state index in [1.54, 1.807) is 18.3 Å². The largest absolute Gasteiger partial charge is 0.345 e. The lowest BCUT2D eigenvalue weighted by Gasteiger charge is -2.16. The van der Waals surface area contributed by atoms with Crippen molar-refractivity contribution in [2.45, 2.75) is 22.9 Å². The molecule has 3 rings (SSSR count). The lowest BCUT2D eigenvalue weighted by molar-refractivity contribution is 0.0937. The third kappa shape index (κ3) is 4.97. The summed E-state index contributed by atoms with van der Waals surface area (Å²) in [7, 11) is 0. The van der Waals surface area contributed by atoms with Gasteiger partial charge in [0.25, 0.3) is 5.91 Å². The van der Waals surface area contributed by atoms with Crippen molar-refractivity contribution in [2.24, 2.45) is 0 Å². The number of pyridine rings is 1. The summed E-state index contributed by atoms with van der Waals surface area (Å²) >= 11 is 4.82. The Balaban J connectivity index is 1.76. The van der Waals surface area contributed by atoms with Crippen LogP contribution >= 0.6 is 27.7 Å². The smallest absolute Gasteiger partial charge is 0.252 e. The normalized spacial score (nSPS) is 11.4. The van der Waals surface area contributed by atoms with Gasteiger partial charge in [0.2, 0.25) is 0 Å². The molecule has 0 aliphatic carbocycles. The van der Waals surface area contributed by atoms with Crippen LogP contribution < -0.4 is 5.32 Å². The summed E-state index contributed by atoms with van der Waals surface area (Å²) in [6.07, 6.45) is 1.73. The van der Waals surface area contributed by atoms with Gasteiger partial charge < -0.3 is 5.32 Å². The van der Waals surface area contributed by atoms with Crippen molar-refractivity contribution in [1.29, 1.82) is 5.26 Å². The SMILES string of the molecule is CC(NC(=O)c1ccccc1Sc1ccc(Br)cn1)c1ccc(C#N)cc1. The molecular weight excluding hydrogens is 422 g/mol. The highest BCUT2D eigenvalue weighted by atomic mass is 79.9. The summed E-state index contributed by atoms with van der Waals surface area (Å²) in [5, 5.41) is 12.7. The van der Waals surface area contributed by atoms with E-state index in [4.69, 9.17) is 5.26 Å². The number of halogens is 1. The van der Waals surface area contributed by atoms with Gasteiger partial charge in [-0.15, -0.1) is 0 Å². The highest BCUT2D eigenvalue weighted by Gasteiger charge is 2.15. The zero-order chi connectivity index (χ0) is 19.2. The van der Waals surface area contributed by atoms with Crippen molar-refractivity contribution in [3.8, 4) is 6.07 Å². The maximum atomic E-state index is 12.8. The Kier molecular flexibility index (Phi) is 6.28. The van der Waals surface area contributed by atoms with E-state index in [0.29, 0.717) is 11.1 Å². The van der Waals surface area contributed by atoms with Gasteiger partial charge in [0.1, 0.15) is 5.03 Å². The summed E-state index contributed by atoms with van der Waals surface area (Å²) in [4.78, 5) is 18.0. The molecule has 0 saturated heterocycles. The molecule has 2 aromatic carbocycles. The van der Waals surface area contributed by atoms with Gasteiger partial charge in [-0.25, -0.2) is 4.98 Å². The molecule has 0 fully saturated rings. The molecule has 0 spiro atoms. The first-order valence-electron chi connectivity index (χ1n) is 8.26. The van der Waals surface area contributed by atoms with Crippen molar-refractivity contribution in [1.82, 2.24) is 10.3 Å². The van der Waals surface area contributed by atoms with E-state index in [-0.39, 0.29) is 11.9 Å². The summed E-state index contributed by atoms with van der Waals surface area (Å²) in [6, 6.07) is 20.4. The number of nitrogens with one attached hydrogen (secondary N) is 1. The molecule has 27 heavy (non-hydrogen) atoms.